The van der Waals surface area contributed by atoms with Crippen LogP contribution in [0.15, 0.2) is 14.3 Å². The molecule has 1 aliphatic rings. The number of amides is 1. The number of carbonyl (C=O) groups excluding carboxylic acids is 1. The highest BCUT2D eigenvalue weighted by atomic mass is 79.9. The molecular formula is C9H9Br2NO2S. The van der Waals surface area contributed by atoms with Crippen LogP contribution in [0.3, 0.4) is 0 Å². The van der Waals surface area contributed by atoms with Gasteiger partial charge in [-0.15, -0.1) is 11.3 Å². The third kappa shape index (κ3) is 2.81. The molecule has 15 heavy (non-hydrogen) atoms. The van der Waals surface area contributed by atoms with E-state index in [1.165, 1.54) is 11.3 Å². The highest BCUT2D eigenvalue weighted by molar-refractivity contribution is 9.13. The zero-order chi connectivity index (χ0) is 10.8. The second-order valence-corrected chi connectivity index (χ2v) is 6.49. The fourth-order valence-corrected chi connectivity index (χ4v) is 3.30. The smallest absolute Gasteiger partial charge is 0.261 e. The summed E-state index contributed by atoms with van der Waals surface area (Å²) in [5.74, 6) is -0.0260. The lowest BCUT2D eigenvalue weighted by atomic mass is 10.2. The summed E-state index contributed by atoms with van der Waals surface area (Å²) in [4.78, 5) is 12.5. The molecule has 1 unspecified atom stereocenters. The molecule has 1 N–H and O–H groups in total. The SMILES string of the molecule is O=C(NC1CCOC1)c1cc(Br)c(Br)s1. The van der Waals surface area contributed by atoms with Crippen LogP contribution in [0.4, 0.5) is 0 Å². The molecule has 2 rings (SSSR count). The molecule has 1 fully saturated rings. The molecule has 0 radical (unpaired) electrons. The molecular weight excluding hydrogens is 346 g/mol. The first-order chi connectivity index (χ1) is 7.16. The number of hydrogen-bond donors (Lipinski definition) is 1. The molecule has 3 nitrogen and oxygen atoms in total. The number of ether oxygens (including phenoxy) is 1. The maximum Gasteiger partial charge on any atom is 0.261 e. The molecule has 1 aromatic rings. The number of thiophene rings is 1. The van der Waals surface area contributed by atoms with Gasteiger partial charge in [0.15, 0.2) is 0 Å². The standard InChI is InChI=1S/C9H9Br2NO2S/c10-6-3-7(15-8(6)11)9(13)12-5-1-2-14-4-5/h3,5H,1-2,4H2,(H,12,13). The van der Waals surface area contributed by atoms with Crippen LogP contribution in [0.2, 0.25) is 0 Å². The van der Waals surface area contributed by atoms with Gasteiger partial charge in [0.1, 0.15) is 0 Å². The van der Waals surface area contributed by atoms with Crippen LogP contribution in [-0.4, -0.2) is 25.2 Å². The van der Waals surface area contributed by atoms with Crippen molar-refractivity contribution in [3.05, 3.63) is 19.2 Å². The first kappa shape index (κ1) is 11.6. The minimum atomic E-state index is -0.0260. The lowest BCUT2D eigenvalue weighted by Crippen LogP contribution is -2.34. The molecule has 0 aromatic carbocycles. The highest BCUT2D eigenvalue weighted by Gasteiger charge is 2.20. The van der Waals surface area contributed by atoms with E-state index >= 15 is 0 Å². The van der Waals surface area contributed by atoms with E-state index in [4.69, 9.17) is 4.74 Å². The van der Waals surface area contributed by atoms with E-state index in [2.05, 4.69) is 37.2 Å². The van der Waals surface area contributed by atoms with Crippen molar-refractivity contribution in [3.8, 4) is 0 Å². The van der Waals surface area contributed by atoms with Gasteiger partial charge in [0.25, 0.3) is 5.91 Å². The summed E-state index contributed by atoms with van der Waals surface area (Å²) in [5, 5.41) is 2.94. The van der Waals surface area contributed by atoms with Crippen molar-refractivity contribution in [3.63, 3.8) is 0 Å². The van der Waals surface area contributed by atoms with E-state index in [0.717, 1.165) is 21.3 Å². The van der Waals surface area contributed by atoms with E-state index in [-0.39, 0.29) is 11.9 Å². The second kappa shape index (κ2) is 4.95. The topological polar surface area (TPSA) is 38.3 Å². The molecule has 1 aromatic heterocycles. The minimum Gasteiger partial charge on any atom is -0.379 e. The van der Waals surface area contributed by atoms with Crippen LogP contribution in [0.1, 0.15) is 16.1 Å². The monoisotopic (exact) mass is 353 g/mol. The van der Waals surface area contributed by atoms with Gasteiger partial charge in [-0.2, -0.15) is 0 Å². The van der Waals surface area contributed by atoms with Crippen LogP contribution in [0.25, 0.3) is 0 Å². The van der Waals surface area contributed by atoms with Gasteiger partial charge in [0, 0.05) is 11.1 Å². The predicted octanol–water partition coefficient (Wildman–Crippen LogP) is 2.79. The molecule has 1 atom stereocenters. The third-order valence-electron chi connectivity index (χ3n) is 2.13. The molecule has 1 amide bonds. The van der Waals surface area contributed by atoms with Crippen molar-refractivity contribution < 1.29 is 9.53 Å². The molecule has 82 valence electrons. The van der Waals surface area contributed by atoms with E-state index in [1.807, 2.05) is 6.07 Å². The van der Waals surface area contributed by atoms with Crippen LogP contribution >= 0.6 is 43.2 Å². The zero-order valence-electron chi connectivity index (χ0n) is 7.76. The van der Waals surface area contributed by atoms with Gasteiger partial charge in [-0.25, -0.2) is 0 Å². The maximum absolute atomic E-state index is 11.8. The van der Waals surface area contributed by atoms with Crippen molar-refractivity contribution in [1.29, 1.82) is 0 Å². The zero-order valence-corrected chi connectivity index (χ0v) is 11.7. The molecule has 6 heteroatoms. The Balaban J connectivity index is 2.00. The van der Waals surface area contributed by atoms with E-state index in [9.17, 15) is 4.79 Å². The Hall–Kier alpha value is 0.0900. The quantitative estimate of drug-likeness (QED) is 0.886. The highest BCUT2D eigenvalue weighted by Crippen LogP contribution is 2.32. The van der Waals surface area contributed by atoms with E-state index in [0.29, 0.717) is 11.5 Å². The van der Waals surface area contributed by atoms with Gasteiger partial charge in [-0.05, 0) is 44.3 Å². The largest absolute Gasteiger partial charge is 0.379 e. The maximum atomic E-state index is 11.8. The van der Waals surface area contributed by atoms with Gasteiger partial charge in [-0.3, -0.25) is 4.79 Å². The normalized spacial score (nSPS) is 20.5. The average Bonchev–Trinajstić information content (AvgIpc) is 2.78. The lowest BCUT2D eigenvalue weighted by Gasteiger charge is -2.08. The fourth-order valence-electron chi connectivity index (χ4n) is 1.36. The van der Waals surface area contributed by atoms with Gasteiger partial charge >= 0.3 is 0 Å². The first-order valence-electron chi connectivity index (χ1n) is 4.50. The molecule has 1 aliphatic heterocycles. The summed E-state index contributed by atoms with van der Waals surface area (Å²) in [6.07, 6.45) is 0.902. The molecule has 0 saturated carbocycles. The number of carbonyl (C=O) groups is 1. The number of rotatable bonds is 2. The van der Waals surface area contributed by atoms with Crippen LogP contribution < -0.4 is 5.32 Å². The van der Waals surface area contributed by atoms with Gasteiger partial charge < -0.3 is 10.1 Å². The Labute approximate surface area is 108 Å². The van der Waals surface area contributed by atoms with Crippen molar-refractivity contribution >= 4 is 49.1 Å². The van der Waals surface area contributed by atoms with Gasteiger partial charge in [0.05, 0.1) is 21.3 Å². The van der Waals surface area contributed by atoms with Crippen LogP contribution in [0.5, 0.6) is 0 Å². The lowest BCUT2D eigenvalue weighted by molar-refractivity contribution is 0.0934. The summed E-state index contributed by atoms with van der Waals surface area (Å²) >= 11 is 8.14. The molecule has 0 spiro atoms. The van der Waals surface area contributed by atoms with Gasteiger partial charge in [0.2, 0.25) is 0 Å². The predicted molar refractivity (Wildman–Crippen MR) is 66.4 cm³/mol. The van der Waals surface area contributed by atoms with Crippen molar-refractivity contribution in [2.45, 2.75) is 12.5 Å². The second-order valence-electron chi connectivity index (χ2n) is 3.27. The Morgan fingerprint density at radius 2 is 2.40 bits per heavy atom. The van der Waals surface area contributed by atoms with Crippen molar-refractivity contribution in [2.24, 2.45) is 0 Å². The summed E-state index contributed by atoms with van der Waals surface area (Å²) < 4.78 is 7.05. The summed E-state index contributed by atoms with van der Waals surface area (Å²) in [6, 6.07) is 1.98. The average molecular weight is 355 g/mol. The van der Waals surface area contributed by atoms with Crippen LogP contribution in [-0.2, 0) is 4.74 Å². The minimum absolute atomic E-state index is 0.0260. The number of hydrogen-bond acceptors (Lipinski definition) is 3. The molecule has 0 aliphatic carbocycles. The summed E-state index contributed by atoms with van der Waals surface area (Å²) in [5.41, 5.74) is 0. The third-order valence-corrected chi connectivity index (χ3v) is 5.39. The molecule has 2 heterocycles. The first-order valence-corrected chi connectivity index (χ1v) is 6.90. The van der Waals surface area contributed by atoms with Gasteiger partial charge in [-0.1, -0.05) is 0 Å². The number of halogens is 2. The molecule has 0 bridgehead atoms. The van der Waals surface area contributed by atoms with E-state index < -0.39 is 0 Å². The Morgan fingerprint density at radius 3 is 2.93 bits per heavy atom. The Kier molecular flexibility index (Phi) is 3.82. The van der Waals surface area contributed by atoms with Crippen molar-refractivity contribution in [2.75, 3.05) is 13.2 Å². The number of nitrogens with one attached hydrogen (secondary N) is 1. The van der Waals surface area contributed by atoms with Crippen molar-refractivity contribution in [1.82, 2.24) is 5.32 Å². The van der Waals surface area contributed by atoms with E-state index in [1.54, 1.807) is 0 Å². The fraction of sp³-hybridized carbons (Fsp3) is 0.444. The summed E-state index contributed by atoms with van der Waals surface area (Å²) in [7, 11) is 0. The Morgan fingerprint density at radius 1 is 1.60 bits per heavy atom. The summed E-state index contributed by atoms with van der Waals surface area (Å²) in [6.45, 7) is 1.36. The Bertz CT molecular complexity index is 355. The molecule has 1 saturated heterocycles. The van der Waals surface area contributed by atoms with Crippen LogP contribution in [0, 0.1) is 0 Å².